The number of hydrazine groups is 1. The normalized spacial score (nSPS) is 18.4. The van der Waals surface area contributed by atoms with E-state index in [4.69, 9.17) is 17.4 Å². The summed E-state index contributed by atoms with van der Waals surface area (Å²) in [5.74, 6) is 6.18. The number of nitrogens with two attached hydrogens (primary N) is 1. The van der Waals surface area contributed by atoms with Gasteiger partial charge < -0.3 is 5.32 Å². The molecular weight excluding hydrogens is 260 g/mol. The first-order valence-corrected chi connectivity index (χ1v) is 7.14. The Morgan fingerprint density at radius 2 is 2.05 bits per heavy atom. The molecule has 1 aromatic rings. The Morgan fingerprint density at radius 1 is 1.37 bits per heavy atom. The lowest BCUT2D eigenvalue weighted by Crippen LogP contribution is -2.43. The van der Waals surface area contributed by atoms with E-state index >= 15 is 0 Å². The van der Waals surface area contributed by atoms with Crippen LogP contribution in [0.1, 0.15) is 44.2 Å². The van der Waals surface area contributed by atoms with Gasteiger partial charge in [-0.1, -0.05) is 42.6 Å². The van der Waals surface area contributed by atoms with Gasteiger partial charge in [-0.05, 0) is 31.4 Å². The first-order valence-electron chi connectivity index (χ1n) is 6.76. The summed E-state index contributed by atoms with van der Waals surface area (Å²) in [6.07, 6.45) is 4.80. The van der Waals surface area contributed by atoms with Crippen LogP contribution >= 0.6 is 11.6 Å². The zero-order valence-corrected chi connectivity index (χ0v) is 12.0. The van der Waals surface area contributed by atoms with E-state index in [1.165, 1.54) is 12.8 Å². The molecule has 0 bridgehead atoms. The van der Waals surface area contributed by atoms with Crippen LogP contribution in [0.4, 0.5) is 0 Å². The number of aliphatic imine (C=N–C) groups is 1. The fourth-order valence-corrected chi connectivity index (χ4v) is 2.74. The van der Waals surface area contributed by atoms with Gasteiger partial charge in [-0.2, -0.15) is 0 Å². The average molecular weight is 281 g/mol. The van der Waals surface area contributed by atoms with Gasteiger partial charge in [-0.3, -0.25) is 5.43 Å². The van der Waals surface area contributed by atoms with Crippen molar-refractivity contribution in [1.29, 1.82) is 0 Å². The summed E-state index contributed by atoms with van der Waals surface area (Å²) in [5, 5.41) is 4.03. The molecule has 1 unspecified atom stereocenters. The molecule has 1 atom stereocenters. The van der Waals surface area contributed by atoms with Crippen molar-refractivity contribution >= 4 is 17.6 Å². The summed E-state index contributed by atoms with van der Waals surface area (Å²) in [4.78, 5) is 4.62. The highest BCUT2D eigenvalue weighted by Gasteiger charge is 2.16. The molecular formula is C14H21ClN4. The van der Waals surface area contributed by atoms with Crippen molar-refractivity contribution < 1.29 is 0 Å². The molecule has 1 aliphatic rings. The fourth-order valence-electron chi connectivity index (χ4n) is 2.44. The number of nitrogens with one attached hydrogen (secondary N) is 2. The minimum atomic E-state index is 0.0601. The molecule has 0 amide bonds. The molecule has 0 spiro atoms. The molecule has 4 nitrogen and oxygen atoms in total. The van der Waals surface area contributed by atoms with Crippen molar-refractivity contribution in [2.24, 2.45) is 10.8 Å². The summed E-state index contributed by atoms with van der Waals surface area (Å²) >= 11 is 6.18. The zero-order valence-electron chi connectivity index (χ0n) is 11.2. The Kier molecular flexibility index (Phi) is 5.05. The lowest BCUT2D eigenvalue weighted by atomic mass is 10.1. The summed E-state index contributed by atoms with van der Waals surface area (Å²) in [5.41, 5.74) is 3.69. The summed E-state index contributed by atoms with van der Waals surface area (Å²) in [7, 11) is 0. The molecule has 1 fully saturated rings. The van der Waals surface area contributed by atoms with Gasteiger partial charge in [0.25, 0.3) is 0 Å². The minimum absolute atomic E-state index is 0.0601. The van der Waals surface area contributed by atoms with Crippen LogP contribution in [0.3, 0.4) is 0 Å². The number of hydrogen-bond acceptors (Lipinski definition) is 2. The Bertz CT molecular complexity index is 441. The fraction of sp³-hybridized carbons (Fsp3) is 0.500. The standard InChI is InChI=1S/C14H21ClN4/c1-10(12-8-4-5-9-13(12)15)17-14(19-16)18-11-6-2-3-7-11/h4-5,8-11H,2-3,6-7,16H2,1H3,(H2,17,18,19). The van der Waals surface area contributed by atoms with Gasteiger partial charge in [0.2, 0.25) is 5.96 Å². The third kappa shape index (κ3) is 3.85. The molecule has 1 saturated carbocycles. The number of guanidine groups is 1. The molecule has 0 aromatic heterocycles. The second-order valence-corrected chi connectivity index (χ2v) is 5.36. The predicted molar refractivity (Wildman–Crippen MR) is 80.0 cm³/mol. The first-order chi connectivity index (χ1) is 9.20. The SMILES string of the molecule is CC(NC(=NC1CCCC1)NN)c1ccccc1Cl. The summed E-state index contributed by atoms with van der Waals surface area (Å²) in [6.45, 7) is 2.04. The molecule has 1 aliphatic carbocycles. The van der Waals surface area contributed by atoms with Crippen molar-refractivity contribution in [3.63, 3.8) is 0 Å². The minimum Gasteiger partial charge on any atom is -0.349 e. The van der Waals surface area contributed by atoms with Gasteiger partial charge in [0.1, 0.15) is 0 Å². The Morgan fingerprint density at radius 3 is 2.68 bits per heavy atom. The van der Waals surface area contributed by atoms with E-state index in [0.717, 1.165) is 23.4 Å². The molecule has 19 heavy (non-hydrogen) atoms. The second kappa shape index (κ2) is 6.78. The monoisotopic (exact) mass is 280 g/mol. The molecule has 4 N–H and O–H groups in total. The summed E-state index contributed by atoms with van der Waals surface area (Å²) in [6, 6.07) is 8.24. The van der Waals surface area contributed by atoms with Crippen molar-refractivity contribution in [2.45, 2.75) is 44.7 Å². The van der Waals surface area contributed by atoms with Crippen LogP contribution in [0.25, 0.3) is 0 Å². The molecule has 2 rings (SSSR count). The van der Waals surface area contributed by atoms with Crippen LogP contribution in [-0.4, -0.2) is 12.0 Å². The molecule has 0 aliphatic heterocycles. The van der Waals surface area contributed by atoms with Gasteiger partial charge in [0, 0.05) is 5.02 Å². The van der Waals surface area contributed by atoms with E-state index < -0.39 is 0 Å². The van der Waals surface area contributed by atoms with Crippen LogP contribution in [0, 0.1) is 0 Å². The van der Waals surface area contributed by atoms with Crippen LogP contribution in [0.5, 0.6) is 0 Å². The smallest absolute Gasteiger partial charge is 0.206 e. The third-order valence-electron chi connectivity index (χ3n) is 3.50. The van der Waals surface area contributed by atoms with Gasteiger partial charge in [0.05, 0.1) is 12.1 Å². The van der Waals surface area contributed by atoms with E-state index in [1.54, 1.807) is 0 Å². The molecule has 0 heterocycles. The lowest BCUT2D eigenvalue weighted by Gasteiger charge is -2.19. The zero-order chi connectivity index (χ0) is 13.7. The number of nitrogens with zero attached hydrogens (tertiary/aromatic N) is 1. The molecule has 0 saturated heterocycles. The Labute approximate surface area is 119 Å². The van der Waals surface area contributed by atoms with Crippen LogP contribution < -0.4 is 16.6 Å². The first kappa shape index (κ1) is 14.2. The predicted octanol–water partition coefficient (Wildman–Crippen LogP) is 2.75. The molecule has 104 valence electrons. The van der Waals surface area contributed by atoms with E-state index in [0.29, 0.717) is 12.0 Å². The lowest BCUT2D eigenvalue weighted by molar-refractivity contribution is 0.653. The van der Waals surface area contributed by atoms with Gasteiger partial charge >= 0.3 is 0 Å². The Balaban J connectivity index is 2.03. The van der Waals surface area contributed by atoms with Gasteiger partial charge in [0.15, 0.2) is 0 Å². The maximum atomic E-state index is 6.18. The number of halogens is 1. The largest absolute Gasteiger partial charge is 0.349 e. The Hall–Kier alpha value is -1.26. The van der Waals surface area contributed by atoms with Crippen molar-refractivity contribution in [3.8, 4) is 0 Å². The maximum Gasteiger partial charge on any atom is 0.206 e. The van der Waals surface area contributed by atoms with Crippen LogP contribution in [-0.2, 0) is 0 Å². The number of rotatable bonds is 3. The average Bonchev–Trinajstić information content (AvgIpc) is 2.91. The highest BCUT2D eigenvalue weighted by atomic mass is 35.5. The van der Waals surface area contributed by atoms with E-state index in [-0.39, 0.29) is 6.04 Å². The molecule has 0 radical (unpaired) electrons. The quantitative estimate of drug-likeness (QED) is 0.345. The van der Waals surface area contributed by atoms with Crippen molar-refractivity contribution in [3.05, 3.63) is 34.9 Å². The molecule has 5 heteroatoms. The maximum absolute atomic E-state index is 6.18. The highest BCUT2D eigenvalue weighted by molar-refractivity contribution is 6.31. The summed E-state index contributed by atoms with van der Waals surface area (Å²) < 4.78 is 0. The topological polar surface area (TPSA) is 62.4 Å². The van der Waals surface area contributed by atoms with Crippen LogP contribution in [0.2, 0.25) is 5.02 Å². The van der Waals surface area contributed by atoms with E-state index in [2.05, 4.69) is 15.7 Å². The number of benzene rings is 1. The van der Waals surface area contributed by atoms with Crippen molar-refractivity contribution in [1.82, 2.24) is 10.7 Å². The van der Waals surface area contributed by atoms with Crippen molar-refractivity contribution in [2.75, 3.05) is 0 Å². The second-order valence-electron chi connectivity index (χ2n) is 4.95. The number of hydrogen-bond donors (Lipinski definition) is 3. The third-order valence-corrected chi connectivity index (χ3v) is 3.84. The highest BCUT2D eigenvalue weighted by Crippen LogP contribution is 2.23. The van der Waals surface area contributed by atoms with Gasteiger partial charge in [-0.25, -0.2) is 10.8 Å². The van der Waals surface area contributed by atoms with Crippen LogP contribution in [0.15, 0.2) is 29.3 Å². The molecule has 1 aromatic carbocycles. The van der Waals surface area contributed by atoms with E-state index in [9.17, 15) is 0 Å². The van der Waals surface area contributed by atoms with E-state index in [1.807, 2.05) is 31.2 Å². The van der Waals surface area contributed by atoms with Gasteiger partial charge in [-0.15, -0.1) is 0 Å².